The Hall–Kier alpha value is 0.0569. The highest BCUT2D eigenvalue weighted by molar-refractivity contribution is 6.74. The van der Waals surface area contributed by atoms with E-state index in [9.17, 15) is 0 Å². The minimum atomic E-state index is -1.64. The van der Waals surface area contributed by atoms with E-state index in [0.29, 0.717) is 13.2 Å². The van der Waals surface area contributed by atoms with Crippen LogP contribution in [0.1, 0.15) is 27.2 Å². The molecule has 0 unspecified atom stereocenters. The number of piperidine rings is 1. The molecular weight excluding hydrogens is 258 g/mol. The summed E-state index contributed by atoms with van der Waals surface area (Å²) in [4.78, 5) is 0. The Morgan fingerprint density at radius 2 is 1.84 bits per heavy atom. The number of rotatable bonds is 6. The highest BCUT2D eigenvalue weighted by Gasteiger charge is 2.37. The van der Waals surface area contributed by atoms with E-state index < -0.39 is 8.32 Å². The molecule has 1 heterocycles. The third-order valence-electron chi connectivity index (χ3n) is 4.35. The van der Waals surface area contributed by atoms with Crippen molar-refractivity contribution in [3.63, 3.8) is 0 Å². The quantitative estimate of drug-likeness (QED) is 0.602. The molecule has 0 aromatic carbocycles. The van der Waals surface area contributed by atoms with E-state index >= 15 is 0 Å². The van der Waals surface area contributed by atoms with Crippen LogP contribution < -0.4 is 5.32 Å². The average molecular weight is 289 g/mol. The van der Waals surface area contributed by atoms with Gasteiger partial charge in [-0.05, 0) is 31.1 Å². The SMILES string of the molecule is CO[C@H]1CCNC[C@H]1OCCO[Si](C)(C)C(C)(C)C. The fourth-order valence-electron chi connectivity index (χ4n) is 1.95. The molecule has 1 aliphatic rings. The van der Waals surface area contributed by atoms with Crippen LogP contribution in [0, 0.1) is 0 Å². The van der Waals surface area contributed by atoms with Crippen LogP contribution in [-0.2, 0) is 13.9 Å². The first-order chi connectivity index (χ1) is 8.78. The van der Waals surface area contributed by atoms with Gasteiger partial charge in [0, 0.05) is 13.7 Å². The second kappa shape index (κ2) is 7.18. The van der Waals surface area contributed by atoms with Gasteiger partial charge in [-0.1, -0.05) is 20.8 Å². The van der Waals surface area contributed by atoms with Crippen molar-refractivity contribution < 1.29 is 13.9 Å². The van der Waals surface area contributed by atoms with Crippen LogP contribution in [0.2, 0.25) is 18.1 Å². The van der Waals surface area contributed by atoms with Crippen molar-refractivity contribution in [3.05, 3.63) is 0 Å². The lowest BCUT2D eigenvalue weighted by atomic mass is 10.1. The molecule has 1 rings (SSSR count). The molecule has 0 saturated carbocycles. The first kappa shape index (κ1) is 17.1. The fraction of sp³-hybridized carbons (Fsp3) is 1.00. The highest BCUT2D eigenvalue weighted by Crippen LogP contribution is 2.36. The van der Waals surface area contributed by atoms with Gasteiger partial charge in [0.15, 0.2) is 8.32 Å². The molecule has 0 spiro atoms. The maximum Gasteiger partial charge on any atom is 0.192 e. The standard InChI is InChI=1S/C14H31NO3Si/c1-14(2,3)19(5,6)18-10-9-17-13-11-15-8-7-12(13)16-4/h12-13,15H,7-11H2,1-6H3/t12-,13+/m0/s1. The molecular formula is C14H31NO3Si. The summed E-state index contributed by atoms with van der Waals surface area (Å²) in [5, 5.41) is 3.60. The molecule has 114 valence electrons. The van der Waals surface area contributed by atoms with Gasteiger partial charge in [0.25, 0.3) is 0 Å². The third kappa shape index (κ3) is 5.15. The molecule has 0 aromatic rings. The molecule has 1 N–H and O–H groups in total. The Balaban J connectivity index is 2.27. The molecule has 1 saturated heterocycles. The van der Waals surface area contributed by atoms with E-state index in [4.69, 9.17) is 13.9 Å². The highest BCUT2D eigenvalue weighted by atomic mass is 28.4. The summed E-state index contributed by atoms with van der Waals surface area (Å²) in [5.74, 6) is 0. The van der Waals surface area contributed by atoms with Gasteiger partial charge in [0.2, 0.25) is 0 Å². The van der Waals surface area contributed by atoms with Gasteiger partial charge in [-0.3, -0.25) is 0 Å². The molecule has 0 bridgehead atoms. The number of nitrogens with one attached hydrogen (secondary N) is 1. The van der Waals surface area contributed by atoms with Crippen LogP contribution >= 0.6 is 0 Å². The lowest BCUT2D eigenvalue weighted by Crippen LogP contribution is -2.47. The minimum Gasteiger partial charge on any atom is -0.414 e. The predicted molar refractivity (Wildman–Crippen MR) is 81.2 cm³/mol. The van der Waals surface area contributed by atoms with E-state index in [-0.39, 0.29) is 17.2 Å². The van der Waals surface area contributed by atoms with E-state index in [1.54, 1.807) is 7.11 Å². The zero-order chi connectivity index (χ0) is 14.5. The summed E-state index contributed by atoms with van der Waals surface area (Å²) in [7, 11) is 0.119. The van der Waals surface area contributed by atoms with Crippen molar-refractivity contribution in [2.75, 3.05) is 33.4 Å². The molecule has 4 nitrogen and oxygen atoms in total. The lowest BCUT2D eigenvalue weighted by Gasteiger charge is -2.36. The lowest BCUT2D eigenvalue weighted by molar-refractivity contribution is -0.0749. The number of hydrogen-bond acceptors (Lipinski definition) is 4. The molecule has 1 aliphatic heterocycles. The van der Waals surface area contributed by atoms with Gasteiger partial charge in [0.1, 0.15) is 0 Å². The Morgan fingerprint density at radius 3 is 2.42 bits per heavy atom. The Morgan fingerprint density at radius 1 is 1.16 bits per heavy atom. The topological polar surface area (TPSA) is 39.7 Å². The molecule has 19 heavy (non-hydrogen) atoms. The fourth-order valence-corrected chi connectivity index (χ4v) is 2.98. The zero-order valence-electron chi connectivity index (χ0n) is 13.4. The normalized spacial score (nSPS) is 25.6. The first-order valence-corrected chi connectivity index (χ1v) is 10.2. The van der Waals surface area contributed by atoms with Crippen molar-refractivity contribution in [2.24, 2.45) is 0 Å². The Bertz CT molecular complexity index is 266. The van der Waals surface area contributed by atoms with Crippen molar-refractivity contribution in [2.45, 2.75) is 57.5 Å². The smallest absolute Gasteiger partial charge is 0.192 e. The first-order valence-electron chi connectivity index (χ1n) is 7.27. The zero-order valence-corrected chi connectivity index (χ0v) is 14.4. The van der Waals surface area contributed by atoms with Gasteiger partial charge >= 0.3 is 0 Å². The van der Waals surface area contributed by atoms with E-state index in [1.807, 2.05) is 0 Å². The van der Waals surface area contributed by atoms with Gasteiger partial charge in [-0.15, -0.1) is 0 Å². The van der Waals surface area contributed by atoms with Crippen LogP contribution in [0.5, 0.6) is 0 Å². The van der Waals surface area contributed by atoms with Crippen LogP contribution in [0.25, 0.3) is 0 Å². The van der Waals surface area contributed by atoms with Crippen molar-refractivity contribution >= 4 is 8.32 Å². The van der Waals surface area contributed by atoms with Crippen molar-refractivity contribution in [1.29, 1.82) is 0 Å². The Labute approximate surface area is 119 Å². The van der Waals surface area contributed by atoms with Gasteiger partial charge in [0.05, 0.1) is 25.4 Å². The molecule has 5 heteroatoms. The molecule has 2 atom stereocenters. The van der Waals surface area contributed by atoms with E-state index in [2.05, 4.69) is 39.2 Å². The largest absolute Gasteiger partial charge is 0.414 e. The monoisotopic (exact) mass is 289 g/mol. The number of hydrogen-bond donors (Lipinski definition) is 1. The summed E-state index contributed by atoms with van der Waals surface area (Å²) in [6.07, 6.45) is 1.39. The molecule has 0 amide bonds. The summed E-state index contributed by atoms with van der Waals surface area (Å²) in [6, 6.07) is 0. The van der Waals surface area contributed by atoms with Crippen LogP contribution in [0.3, 0.4) is 0 Å². The van der Waals surface area contributed by atoms with Crippen molar-refractivity contribution in [3.8, 4) is 0 Å². The van der Waals surface area contributed by atoms with Crippen LogP contribution in [0.15, 0.2) is 0 Å². The summed E-state index contributed by atoms with van der Waals surface area (Å²) >= 11 is 0. The minimum absolute atomic E-state index is 0.154. The van der Waals surface area contributed by atoms with Gasteiger partial charge in [-0.2, -0.15) is 0 Å². The predicted octanol–water partition coefficient (Wildman–Crippen LogP) is 2.40. The van der Waals surface area contributed by atoms with Gasteiger partial charge in [-0.25, -0.2) is 0 Å². The maximum atomic E-state index is 6.11. The molecule has 1 fully saturated rings. The number of methoxy groups -OCH3 is 1. The van der Waals surface area contributed by atoms with Gasteiger partial charge < -0.3 is 19.2 Å². The van der Waals surface area contributed by atoms with E-state index in [0.717, 1.165) is 19.5 Å². The summed E-state index contributed by atoms with van der Waals surface area (Å²) in [5.41, 5.74) is 0. The average Bonchev–Trinajstić information content (AvgIpc) is 2.33. The molecule has 0 aromatic heterocycles. The molecule has 0 aliphatic carbocycles. The second-order valence-electron chi connectivity index (χ2n) is 6.78. The van der Waals surface area contributed by atoms with Crippen LogP contribution in [0.4, 0.5) is 0 Å². The Kier molecular flexibility index (Phi) is 6.46. The van der Waals surface area contributed by atoms with E-state index in [1.165, 1.54) is 0 Å². The summed E-state index contributed by atoms with van der Waals surface area (Å²) in [6.45, 7) is 14.5. The molecule has 0 radical (unpaired) electrons. The number of ether oxygens (including phenoxy) is 2. The summed E-state index contributed by atoms with van der Waals surface area (Å²) < 4.78 is 17.5. The van der Waals surface area contributed by atoms with Crippen molar-refractivity contribution in [1.82, 2.24) is 5.32 Å². The third-order valence-corrected chi connectivity index (χ3v) is 8.89. The van der Waals surface area contributed by atoms with Crippen LogP contribution in [-0.4, -0.2) is 53.9 Å². The second-order valence-corrected chi connectivity index (χ2v) is 11.6. The maximum absolute atomic E-state index is 6.11.